The second-order valence-electron chi connectivity index (χ2n) is 1.86. The highest BCUT2D eigenvalue weighted by atomic mass is 19.3. The highest BCUT2D eigenvalue weighted by molar-refractivity contribution is 4.97. The number of alkyl halides is 6. The van der Waals surface area contributed by atoms with Gasteiger partial charge in [-0.1, -0.05) is 0 Å². The molecule has 8 heteroatoms. The van der Waals surface area contributed by atoms with Crippen LogP contribution in [0.2, 0.25) is 0 Å². The molecule has 1 rings (SSSR count). The van der Waals surface area contributed by atoms with E-state index in [1.165, 1.54) is 10.2 Å². The molecule has 64 valence electrons. The van der Waals surface area contributed by atoms with Crippen LogP contribution in [0.15, 0.2) is 10.2 Å². The molecule has 1 aliphatic rings. The third-order valence-corrected chi connectivity index (χ3v) is 1.06. The zero-order valence-electron chi connectivity index (χ0n) is 4.66. The average Bonchev–Trinajstić information content (AvgIpc) is 1.93. The minimum absolute atomic E-state index is 1.47. The fraction of sp³-hybridized carbons (Fsp3) is 1.00. The summed E-state index contributed by atoms with van der Waals surface area (Å²) in [5, 5.41) is 2.93. The van der Waals surface area contributed by atoms with Crippen molar-refractivity contribution in [1.29, 1.82) is 0 Å². The molecule has 0 bridgehead atoms. The van der Waals surface area contributed by atoms with Gasteiger partial charge in [0.05, 0.1) is 0 Å². The number of azo groups is 1. The lowest BCUT2D eigenvalue weighted by Crippen LogP contribution is -2.47. The highest BCUT2D eigenvalue weighted by Crippen LogP contribution is 2.52. The van der Waals surface area contributed by atoms with E-state index in [-0.39, 0.29) is 0 Å². The largest absolute Gasteiger partial charge is 0.430 e. The smallest absolute Gasteiger partial charge is 0.188 e. The van der Waals surface area contributed by atoms with E-state index in [0.29, 0.717) is 0 Å². The van der Waals surface area contributed by atoms with Gasteiger partial charge in [0.25, 0.3) is 0 Å². The lowest BCUT2D eigenvalue weighted by atomic mass is 10.3. The van der Waals surface area contributed by atoms with E-state index >= 15 is 0 Å². The predicted octanol–water partition coefficient (Wildman–Crippen LogP) is 2.27. The lowest BCUT2D eigenvalue weighted by molar-refractivity contribution is -0.278. The molecule has 0 saturated carbocycles. The summed E-state index contributed by atoms with van der Waals surface area (Å²) in [5.74, 6) is -5.51. The zero-order valence-corrected chi connectivity index (χ0v) is 4.66. The molecule has 1 heterocycles. The Morgan fingerprint density at radius 2 is 0.909 bits per heavy atom. The predicted molar refractivity (Wildman–Crippen MR) is 19.7 cm³/mol. The van der Waals surface area contributed by atoms with Crippen LogP contribution in [0.5, 0.6) is 0 Å². The molecule has 0 N–H and O–H groups in total. The van der Waals surface area contributed by atoms with Crippen molar-refractivity contribution in [2.75, 3.05) is 0 Å². The molecule has 0 aromatic carbocycles. The molecular formula is C3F6N2. The van der Waals surface area contributed by atoms with Gasteiger partial charge in [-0.2, -0.15) is 26.3 Å². The zero-order chi connectivity index (χ0) is 8.91. The summed E-state index contributed by atoms with van der Waals surface area (Å²) in [4.78, 5) is 0. The quantitative estimate of drug-likeness (QED) is 0.401. The van der Waals surface area contributed by atoms with E-state index in [1.54, 1.807) is 0 Å². The van der Waals surface area contributed by atoms with Gasteiger partial charge < -0.3 is 0 Å². The van der Waals surface area contributed by atoms with Crippen molar-refractivity contribution in [2.24, 2.45) is 10.2 Å². The molecule has 0 unspecified atom stereocenters. The van der Waals surface area contributed by atoms with Crippen LogP contribution in [0, 0.1) is 0 Å². The van der Waals surface area contributed by atoms with Crippen LogP contribution in [0.3, 0.4) is 0 Å². The molecule has 0 aromatic rings. The summed E-state index contributed by atoms with van der Waals surface area (Å²) < 4.78 is 70.5. The first-order chi connectivity index (χ1) is 4.71. The lowest BCUT2D eigenvalue weighted by Gasteiger charge is -2.18. The van der Waals surface area contributed by atoms with Crippen LogP contribution in [0.25, 0.3) is 0 Å². The van der Waals surface area contributed by atoms with Crippen LogP contribution in [-0.4, -0.2) is 18.0 Å². The fourth-order valence-corrected chi connectivity index (χ4v) is 0.432. The van der Waals surface area contributed by atoms with E-state index in [2.05, 4.69) is 0 Å². The maximum Gasteiger partial charge on any atom is 0.430 e. The van der Waals surface area contributed by atoms with Gasteiger partial charge >= 0.3 is 18.0 Å². The Morgan fingerprint density at radius 1 is 0.636 bits per heavy atom. The van der Waals surface area contributed by atoms with Gasteiger partial charge in [0.2, 0.25) is 0 Å². The van der Waals surface area contributed by atoms with Crippen LogP contribution >= 0.6 is 0 Å². The van der Waals surface area contributed by atoms with Crippen LogP contribution < -0.4 is 0 Å². The van der Waals surface area contributed by atoms with Gasteiger partial charge in [0, 0.05) is 0 Å². The first kappa shape index (κ1) is 8.28. The van der Waals surface area contributed by atoms with Crippen LogP contribution in [-0.2, 0) is 0 Å². The van der Waals surface area contributed by atoms with Gasteiger partial charge in [-0.3, -0.25) is 0 Å². The summed E-state index contributed by atoms with van der Waals surface area (Å²) in [6, 6.07) is -10.2. The highest BCUT2D eigenvalue weighted by Gasteiger charge is 2.77. The fourth-order valence-electron chi connectivity index (χ4n) is 0.432. The monoisotopic (exact) mass is 178 g/mol. The van der Waals surface area contributed by atoms with Crippen molar-refractivity contribution >= 4 is 0 Å². The van der Waals surface area contributed by atoms with Crippen molar-refractivity contribution < 1.29 is 26.3 Å². The number of halogens is 6. The van der Waals surface area contributed by atoms with Crippen LogP contribution in [0.1, 0.15) is 0 Å². The first-order valence-electron chi connectivity index (χ1n) is 2.28. The Morgan fingerprint density at radius 3 is 1.00 bits per heavy atom. The molecule has 0 saturated heterocycles. The number of hydrogen-bond acceptors (Lipinski definition) is 2. The number of nitrogens with zero attached hydrogens (tertiary/aromatic N) is 2. The Kier molecular flexibility index (Phi) is 1.26. The molecule has 1 aliphatic heterocycles. The van der Waals surface area contributed by atoms with E-state index in [1.807, 2.05) is 0 Å². The Balaban J connectivity index is 3.09. The molecule has 0 atom stereocenters. The summed E-state index contributed by atoms with van der Waals surface area (Å²) in [6.45, 7) is 0. The molecule has 11 heavy (non-hydrogen) atoms. The first-order valence-corrected chi connectivity index (χ1v) is 2.28. The van der Waals surface area contributed by atoms with Gasteiger partial charge in [-0.05, 0) is 0 Å². The molecule has 0 aliphatic carbocycles. The van der Waals surface area contributed by atoms with E-state index in [4.69, 9.17) is 0 Å². The molecular weight excluding hydrogens is 178 g/mol. The van der Waals surface area contributed by atoms with E-state index in [0.717, 1.165) is 0 Å². The summed E-state index contributed by atoms with van der Waals surface area (Å²) in [7, 11) is 0. The number of rotatable bonds is 0. The SMILES string of the molecule is FC1(F)N=NC(F)(F)C1(F)F. The van der Waals surface area contributed by atoms with Crippen molar-refractivity contribution in [1.82, 2.24) is 0 Å². The summed E-state index contributed by atoms with van der Waals surface area (Å²) in [5.41, 5.74) is 0. The van der Waals surface area contributed by atoms with Gasteiger partial charge in [-0.25, -0.2) is 0 Å². The summed E-state index contributed by atoms with van der Waals surface area (Å²) >= 11 is 0. The standard InChI is InChI=1S/C3F6N2/c4-1(5)2(6,7)10-11-3(1,8)9. The van der Waals surface area contributed by atoms with E-state index in [9.17, 15) is 26.3 Å². The van der Waals surface area contributed by atoms with Crippen molar-refractivity contribution in [3.05, 3.63) is 0 Å². The maximum absolute atomic E-state index is 11.8. The van der Waals surface area contributed by atoms with Crippen molar-refractivity contribution in [3.63, 3.8) is 0 Å². The van der Waals surface area contributed by atoms with Crippen molar-refractivity contribution in [2.45, 2.75) is 18.0 Å². The topological polar surface area (TPSA) is 24.7 Å². The number of hydrogen-bond donors (Lipinski definition) is 0. The average molecular weight is 178 g/mol. The van der Waals surface area contributed by atoms with E-state index < -0.39 is 18.0 Å². The van der Waals surface area contributed by atoms with Crippen molar-refractivity contribution in [3.8, 4) is 0 Å². The third-order valence-electron chi connectivity index (χ3n) is 1.06. The normalized spacial score (nSPS) is 30.7. The molecule has 0 fully saturated rings. The maximum atomic E-state index is 11.8. The second kappa shape index (κ2) is 1.67. The Labute approximate surface area is 55.9 Å². The molecule has 2 nitrogen and oxygen atoms in total. The van der Waals surface area contributed by atoms with Crippen LogP contribution in [0.4, 0.5) is 26.3 Å². The minimum atomic E-state index is -5.51. The molecule has 0 aromatic heterocycles. The second-order valence-corrected chi connectivity index (χ2v) is 1.86. The summed E-state index contributed by atoms with van der Waals surface area (Å²) in [6.07, 6.45) is 0. The van der Waals surface area contributed by atoms with Gasteiger partial charge in [-0.15, -0.1) is 10.2 Å². The van der Waals surface area contributed by atoms with Gasteiger partial charge in [0.1, 0.15) is 0 Å². The van der Waals surface area contributed by atoms with Gasteiger partial charge in [0.15, 0.2) is 0 Å². The Hall–Kier alpha value is -0.820. The molecule has 0 spiro atoms. The minimum Gasteiger partial charge on any atom is -0.188 e. The molecule has 0 amide bonds. The molecule has 0 radical (unpaired) electrons. The third kappa shape index (κ3) is 0.809. The Bertz CT molecular complexity index is 188.